The summed E-state index contributed by atoms with van der Waals surface area (Å²) in [7, 11) is 1.40. The fourth-order valence-corrected chi connectivity index (χ4v) is 3.90. The number of ether oxygens (including phenoxy) is 1. The van der Waals surface area contributed by atoms with Gasteiger partial charge in [0.25, 0.3) is 0 Å². The number of H-pyrrole nitrogens is 1. The van der Waals surface area contributed by atoms with Gasteiger partial charge < -0.3 is 9.72 Å². The van der Waals surface area contributed by atoms with Gasteiger partial charge in [-0.3, -0.25) is 4.90 Å². The average Bonchev–Trinajstić information content (AvgIpc) is 3.16. The molecular weight excluding hydrogens is 298 g/mol. The monoisotopic (exact) mass is 319 g/mol. The van der Waals surface area contributed by atoms with E-state index in [2.05, 4.69) is 27.2 Å². The number of aromatic amines is 1. The van der Waals surface area contributed by atoms with E-state index in [-0.39, 0.29) is 5.97 Å². The van der Waals surface area contributed by atoms with Gasteiger partial charge in [-0.2, -0.15) is 0 Å². The molecule has 0 amide bonds. The molecule has 0 aromatic carbocycles. The van der Waals surface area contributed by atoms with Gasteiger partial charge in [0.05, 0.1) is 12.1 Å². The number of esters is 1. The average molecular weight is 319 g/mol. The predicted molar refractivity (Wildman–Crippen MR) is 86.2 cm³/mol. The molecule has 0 radical (unpaired) electrons. The van der Waals surface area contributed by atoms with E-state index in [4.69, 9.17) is 4.74 Å². The van der Waals surface area contributed by atoms with Gasteiger partial charge in [0, 0.05) is 36.3 Å². The molecule has 0 saturated carbocycles. The molecule has 0 spiro atoms. The summed E-state index contributed by atoms with van der Waals surface area (Å²) in [5.41, 5.74) is 2.75. The Labute approximate surface area is 134 Å². The quantitative estimate of drug-likeness (QED) is 0.880. The molecule has 0 aliphatic carbocycles. The number of rotatable bonds is 4. The Morgan fingerprint density at radius 1 is 1.59 bits per heavy atom. The first kappa shape index (κ1) is 15.2. The van der Waals surface area contributed by atoms with Crippen LogP contribution >= 0.6 is 11.3 Å². The zero-order chi connectivity index (χ0) is 15.5. The van der Waals surface area contributed by atoms with Crippen molar-refractivity contribution in [3.8, 4) is 0 Å². The van der Waals surface area contributed by atoms with Crippen molar-refractivity contribution in [1.29, 1.82) is 0 Å². The van der Waals surface area contributed by atoms with E-state index in [0.717, 1.165) is 30.9 Å². The molecule has 6 heteroatoms. The van der Waals surface area contributed by atoms with Crippen LogP contribution in [0.5, 0.6) is 0 Å². The molecule has 0 unspecified atom stereocenters. The second kappa shape index (κ2) is 6.62. The van der Waals surface area contributed by atoms with Gasteiger partial charge >= 0.3 is 5.97 Å². The van der Waals surface area contributed by atoms with Crippen molar-refractivity contribution >= 4 is 17.3 Å². The lowest BCUT2D eigenvalue weighted by atomic mass is 9.98. The summed E-state index contributed by atoms with van der Waals surface area (Å²) in [4.78, 5) is 21.5. The van der Waals surface area contributed by atoms with Gasteiger partial charge in [0.2, 0.25) is 0 Å². The van der Waals surface area contributed by atoms with Crippen molar-refractivity contribution in [1.82, 2.24) is 14.9 Å². The molecule has 5 nitrogen and oxygen atoms in total. The van der Waals surface area contributed by atoms with Gasteiger partial charge in [-0.15, -0.1) is 11.3 Å². The van der Waals surface area contributed by atoms with Crippen molar-refractivity contribution in [2.45, 2.75) is 32.2 Å². The number of methoxy groups -OCH3 is 1. The fraction of sp³-hybridized carbons (Fsp3) is 0.500. The van der Waals surface area contributed by atoms with Crippen LogP contribution in [0.4, 0.5) is 0 Å². The molecule has 1 aliphatic rings. The Hall–Kier alpha value is -1.66. The Kier molecular flexibility index (Phi) is 4.59. The number of carbonyl (C=O) groups excluding carboxylic acids is 1. The van der Waals surface area contributed by atoms with Gasteiger partial charge in [-0.05, 0) is 37.9 Å². The number of nitrogens with one attached hydrogen (secondary N) is 1. The summed E-state index contributed by atoms with van der Waals surface area (Å²) < 4.78 is 4.73. The molecule has 118 valence electrons. The van der Waals surface area contributed by atoms with Crippen molar-refractivity contribution in [2.24, 2.45) is 0 Å². The van der Waals surface area contributed by atoms with E-state index in [1.165, 1.54) is 25.0 Å². The van der Waals surface area contributed by atoms with Crippen LogP contribution in [0.25, 0.3) is 0 Å². The van der Waals surface area contributed by atoms with Crippen molar-refractivity contribution in [2.75, 3.05) is 20.2 Å². The van der Waals surface area contributed by atoms with E-state index in [9.17, 15) is 4.79 Å². The standard InChI is InChI=1S/C16H21N3O2S/c1-11-10-22-15(18-11)13-4-3-5-19(9-13)8-12-6-14(17-7-12)16(20)21-2/h6-7,10,13,17H,3-5,8-9H2,1-2H3/t13-/m1/s1. The highest BCUT2D eigenvalue weighted by atomic mass is 32.1. The minimum absolute atomic E-state index is 0.318. The van der Waals surface area contributed by atoms with E-state index in [1.54, 1.807) is 11.3 Å². The highest BCUT2D eigenvalue weighted by Gasteiger charge is 2.24. The Morgan fingerprint density at radius 3 is 3.18 bits per heavy atom. The third kappa shape index (κ3) is 3.39. The van der Waals surface area contributed by atoms with Crippen LogP contribution in [0.1, 0.15) is 45.5 Å². The number of likely N-dealkylation sites (tertiary alicyclic amines) is 1. The zero-order valence-corrected chi connectivity index (χ0v) is 13.8. The van der Waals surface area contributed by atoms with Crippen LogP contribution in [0.15, 0.2) is 17.6 Å². The summed E-state index contributed by atoms with van der Waals surface area (Å²) in [5, 5.41) is 3.38. The highest BCUT2D eigenvalue weighted by Crippen LogP contribution is 2.29. The Bertz CT molecular complexity index is 649. The number of nitrogens with zero attached hydrogens (tertiary/aromatic N) is 2. The van der Waals surface area contributed by atoms with Gasteiger partial charge in [0.1, 0.15) is 5.69 Å². The molecule has 1 fully saturated rings. The van der Waals surface area contributed by atoms with E-state index >= 15 is 0 Å². The molecule has 1 atom stereocenters. The van der Waals surface area contributed by atoms with Crippen molar-refractivity contribution in [3.63, 3.8) is 0 Å². The van der Waals surface area contributed by atoms with Gasteiger partial charge in [-0.1, -0.05) is 0 Å². The molecule has 1 N–H and O–H groups in total. The third-order valence-corrected chi connectivity index (χ3v) is 5.17. The zero-order valence-electron chi connectivity index (χ0n) is 13.0. The summed E-state index contributed by atoms with van der Waals surface area (Å²) in [6.07, 6.45) is 4.30. The summed E-state index contributed by atoms with van der Waals surface area (Å²) in [6.45, 7) is 5.04. The normalized spacial score (nSPS) is 19.3. The van der Waals surface area contributed by atoms with E-state index in [0.29, 0.717) is 11.6 Å². The second-order valence-corrected chi connectivity index (χ2v) is 6.70. The predicted octanol–water partition coefficient (Wildman–Crippen LogP) is 2.95. The SMILES string of the molecule is COC(=O)c1cc(CN2CCC[C@@H](c3nc(C)cs3)C2)c[nH]1. The largest absolute Gasteiger partial charge is 0.464 e. The summed E-state index contributed by atoms with van der Waals surface area (Å²) in [5.74, 6) is 0.215. The van der Waals surface area contributed by atoms with Crippen LogP contribution in [0.3, 0.4) is 0 Å². The first-order chi connectivity index (χ1) is 10.7. The number of hydrogen-bond donors (Lipinski definition) is 1. The van der Waals surface area contributed by atoms with Crippen LogP contribution in [-0.2, 0) is 11.3 Å². The van der Waals surface area contributed by atoms with Gasteiger partial charge in [0.15, 0.2) is 0 Å². The Morgan fingerprint density at radius 2 is 2.45 bits per heavy atom. The molecule has 2 aromatic rings. The highest BCUT2D eigenvalue weighted by molar-refractivity contribution is 7.09. The van der Waals surface area contributed by atoms with Crippen molar-refractivity contribution < 1.29 is 9.53 Å². The molecular formula is C16H21N3O2S. The minimum Gasteiger partial charge on any atom is -0.464 e. The summed E-state index contributed by atoms with van der Waals surface area (Å²) >= 11 is 1.77. The van der Waals surface area contributed by atoms with Crippen molar-refractivity contribution in [3.05, 3.63) is 39.6 Å². The van der Waals surface area contributed by atoms with E-state index in [1.807, 2.05) is 12.3 Å². The smallest absolute Gasteiger partial charge is 0.354 e. The lowest BCUT2D eigenvalue weighted by Crippen LogP contribution is -2.33. The second-order valence-electron chi connectivity index (χ2n) is 5.81. The fourth-order valence-electron chi connectivity index (χ4n) is 2.98. The molecule has 3 rings (SSSR count). The molecule has 1 saturated heterocycles. The Balaban J connectivity index is 1.63. The van der Waals surface area contributed by atoms with Gasteiger partial charge in [-0.25, -0.2) is 9.78 Å². The number of carbonyl (C=O) groups is 1. The molecule has 0 bridgehead atoms. The number of aryl methyl sites for hydroxylation is 1. The topological polar surface area (TPSA) is 58.2 Å². The molecule has 1 aliphatic heterocycles. The van der Waals surface area contributed by atoms with Crippen LogP contribution in [0.2, 0.25) is 0 Å². The number of hydrogen-bond acceptors (Lipinski definition) is 5. The third-order valence-electron chi connectivity index (χ3n) is 4.05. The number of piperidine rings is 1. The number of aromatic nitrogens is 2. The maximum Gasteiger partial charge on any atom is 0.354 e. The maximum absolute atomic E-state index is 11.5. The minimum atomic E-state index is -0.318. The molecule has 3 heterocycles. The molecule has 2 aromatic heterocycles. The molecule has 22 heavy (non-hydrogen) atoms. The maximum atomic E-state index is 11.5. The van der Waals surface area contributed by atoms with E-state index < -0.39 is 0 Å². The lowest BCUT2D eigenvalue weighted by Gasteiger charge is -2.31. The van der Waals surface area contributed by atoms with Crippen LogP contribution < -0.4 is 0 Å². The number of thiazole rings is 1. The first-order valence-electron chi connectivity index (χ1n) is 7.55. The summed E-state index contributed by atoms with van der Waals surface area (Å²) in [6, 6.07) is 1.88. The lowest BCUT2D eigenvalue weighted by molar-refractivity contribution is 0.0594. The van der Waals surface area contributed by atoms with Crippen LogP contribution in [-0.4, -0.2) is 41.0 Å². The first-order valence-corrected chi connectivity index (χ1v) is 8.43. The van der Waals surface area contributed by atoms with Crippen LogP contribution in [0, 0.1) is 6.92 Å².